The molecule has 192 valence electrons. The van der Waals surface area contributed by atoms with Crippen LogP contribution < -0.4 is 10.6 Å². The lowest BCUT2D eigenvalue weighted by Crippen LogP contribution is -2.54. The molecule has 0 radical (unpaired) electrons. The Morgan fingerprint density at radius 2 is 1.32 bits per heavy atom. The Bertz CT molecular complexity index is 1210. The van der Waals surface area contributed by atoms with Crippen molar-refractivity contribution < 1.29 is 29.0 Å². The summed E-state index contributed by atoms with van der Waals surface area (Å²) >= 11 is 0. The van der Waals surface area contributed by atoms with Crippen LogP contribution in [0.25, 0.3) is 0 Å². The van der Waals surface area contributed by atoms with Gasteiger partial charge in [0, 0.05) is 17.5 Å². The summed E-state index contributed by atoms with van der Waals surface area (Å²) in [5.41, 5.74) is 2.46. The highest BCUT2D eigenvalue weighted by molar-refractivity contribution is 6.08. The highest BCUT2D eigenvalue weighted by Crippen LogP contribution is 2.13. The molecule has 0 aromatic heterocycles. The molecule has 8 heteroatoms. The number of alkyl carbamates (subject to hydrolysis) is 1. The number of ketones is 1. The van der Waals surface area contributed by atoms with Gasteiger partial charge in [0.05, 0.1) is 0 Å². The Balaban J connectivity index is 1.60. The maximum absolute atomic E-state index is 12.9. The minimum atomic E-state index is -1.23. The molecule has 0 spiro atoms. The lowest BCUT2D eigenvalue weighted by atomic mass is 9.99. The summed E-state index contributed by atoms with van der Waals surface area (Å²) in [6.07, 6.45) is -0.771. The number of aliphatic carboxylic acids is 1. The number of carbonyl (C=O) groups is 4. The lowest BCUT2D eigenvalue weighted by molar-refractivity contribution is -0.142. The highest BCUT2D eigenvalue weighted by Gasteiger charge is 2.29. The van der Waals surface area contributed by atoms with Gasteiger partial charge in [-0.1, -0.05) is 98.8 Å². The third kappa shape index (κ3) is 8.03. The van der Waals surface area contributed by atoms with E-state index in [1.165, 1.54) is 0 Å². The molecule has 0 bridgehead atoms. The van der Waals surface area contributed by atoms with E-state index in [2.05, 4.69) is 10.6 Å². The Hall–Kier alpha value is -4.46. The Kier molecular flexibility index (Phi) is 9.55. The van der Waals surface area contributed by atoms with Crippen LogP contribution in [0.3, 0.4) is 0 Å². The molecule has 3 rings (SSSR count). The molecule has 37 heavy (non-hydrogen) atoms. The van der Waals surface area contributed by atoms with Crippen molar-refractivity contribution >= 4 is 23.8 Å². The van der Waals surface area contributed by atoms with Gasteiger partial charge in [0.25, 0.3) is 0 Å². The molecule has 3 N–H and O–H groups in total. The summed E-state index contributed by atoms with van der Waals surface area (Å²) < 4.78 is 5.20. The van der Waals surface area contributed by atoms with Crippen LogP contribution in [0.1, 0.15) is 40.9 Å². The standard InChI is InChI=1S/C29H30N2O6/c1-19(2)25(31-29(36)37-18-21-9-5-3-6-10-21)27(33)30-24(28(34)35)17-20-13-15-23(16-14-20)26(32)22-11-7-4-8-12-22/h3-16,19,24-25H,17-18H2,1-2H3,(H,30,33)(H,31,36)(H,34,35)/t24-,25-/m0/s1. The van der Waals surface area contributed by atoms with Crippen molar-refractivity contribution in [2.24, 2.45) is 5.92 Å². The Labute approximate surface area is 215 Å². The Morgan fingerprint density at radius 3 is 1.89 bits per heavy atom. The van der Waals surface area contributed by atoms with E-state index in [0.29, 0.717) is 16.7 Å². The van der Waals surface area contributed by atoms with Gasteiger partial charge in [-0.05, 0) is 17.0 Å². The van der Waals surface area contributed by atoms with Gasteiger partial charge in [0.15, 0.2) is 5.78 Å². The average molecular weight is 503 g/mol. The van der Waals surface area contributed by atoms with Gasteiger partial charge in [-0.15, -0.1) is 0 Å². The maximum atomic E-state index is 12.9. The minimum absolute atomic E-state index is 0.00412. The van der Waals surface area contributed by atoms with E-state index >= 15 is 0 Å². The third-order valence-corrected chi connectivity index (χ3v) is 5.74. The lowest BCUT2D eigenvalue weighted by Gasteiger charge is -2.24. The fraction of sp³-hybridized carbons (Fsp3) is 0.241. The van der Waals surface area contributed by atoms with Crippen LogP contribution in [0, 0.1) is 5.92 Å². The number of ether oxygens (including phenoxy) is 1. The van der Waals surface area contributed by atoms with Gasteiger partial charge in [0.1, 0.15) is 18.7 Å². The molecule has 8 nitrogen and oxygen atoms in total. The summed E-state index contributed by atoms with van der Waals surface area (Å²) in [5, 5.41) is 14.7. The number of amides is 2. The minimum Gasteiger partial charge on any atom is -0.480 e. The summed E-state index contributed by atoms with van der Waals surface area (Å²) in [5.74, 6) is -2.30. The van der Waals surface area contributed by atoms with Crippen molar-refractivity contribution in [2.45, 2.75) is 39.0 Å². The summed E-state index contributed by atoms with van der Waals surface area (Å²) in [6.45, 7) is 3.51. The number of benzene rings is 3. The summed E-state index contributed by atoms with van der Waals surface area (Å²) in [4.78, 5) is 49.7. The van der Waals surface area contributed by atoms with Crippen LogP contribution in [-0.2, 0) is 27.4 Å². The highest BCUT2D eigenvalue weighted by atomic mass is 16.5. The molecular formula is C29H30N2O6. The molecule has 0 saturated carbocycles. The zero-order chi connectivity index (χ0) is 26.8. The second-order valence-electron chi connectivity index (χ2n) is 8.92. The molecule has 0 fully saturated rings. The molecule has 0 saturated heterocycles. The zero-order valence-electron chi connectivity index (χ0n) is 20.7. The first-order valence-electron chi connectivity index (χ1n) is 11.9. The van der Waals surface area contributed by atoms with E-state index in [-0.39, 0.29) is 24.7 Å². The van der Waals surface area contributed by atoms with Gasteiger partial charge in [-0.2, -0.15) is 0 Å². The quantitative estimate of drug-likeness (QED) is 0.341. The van der Waals surface area contributed by atoms with Gasteiger partial charge in [-0.25, -0.2) is 9.59 Å². The third-order valence-electron chi connectivity index (χ3n) is 5.74. The number of carboxylic acids is 1. The number of hydrogen-bond donors (Lipinski definition) is 3. The van der Waals surface area contributed by atoms with E-state index in [0.717, 1.165) is 5.56 Å². The summed E-state index contributed by atoms with van der Waals surface area (Å²) in [7, 11) is 0. The van der Waals surface area contributed by atoms with Crippen molar-refractivity contribution in [3.8, 4) is 0 Å². The van der Waals surface area contributed by atoms with Crippen molar-refractivity contribution in [3.05, 3.63) is 107 Å². The van der Waals surface area contributed by atoms with E-state index in [4.69, 9.17) is 4.74 Å². The molecule has 0 aliphatic heterocycles. The van der Waals surface area contributed by atoms with Crippen LogP contribution in [0.4, 0.5) is 4.79 Å². The molecule has 2 atom stereocenters. The normalized spacial score (nSPS) is 12.3. The molecule has 0 heterocycles. The fourth-order valence-corrected chi connectivity index (χ4v) is 3.67. The second-order valence-corrected chi connectivity index (χ2v) is 8.92. The van der Waals surface area contributed by atoms with Gasteiger partial charge < -0.3 is 20.5 Å². The predicted octanol–water partition coefficient (Wildman–Crippen LogP) is 3.98. The number of nitrogens with one attached hydrogen (secondary N) is 2. The smallest absolute Gasteiger partial charge is 0.408 e. The van der Waals surface area contributed by atoms with Crippen LogP contribution in [0.15, 0.2) is 84.9 Å². The van der Waals surface area contributed by atoms with Crippen LogP contribution >= 0.6 is 0 Å². The maximum Gasteiger partial charge on any atom is 0.408 e. The first kappa shape index (κ1) is 27.1. The first-order chi connectivity index (χ1) is 17.7. The number of hydrogen-bond acceptors (Lipinski definition) is 5. The van der Waals surface area contributed by atoms with E-state index < -0.39 is 30.1 Å². The van der Waals surface area contributed by atoms with Crippen LogP contribution in [-0.4, -0.2) is 40.9 Å². The molecule has 0 aliphatic carbocycles. The monoisotopic (exact) mass is 502 g/mol. The molecule has 3 aromatic carbocycles. The van der Waals surface area contributed by atoms with Crippen LogP contribution in [0.2, 0.25) is 0 Å². The zero-order valence-corrected chi connectivity index (χ0v) is 20.7. The average Bonchev–Trinajstić information content (AvgIpc) is 2.91. The summed E-state index contributed by atoms with van der Waals surface area (Å²) in [6, 6.07) is 22.3. The van der Waals surface area contributed by atoms with Crippen molar-refractivity contribution in [3.63, 3.8) is 0 Å². The fourth-order valence-electron chi connectivity index (χ4n) is 3.67. The molecular weight excluding hydrogens is 472 g/mol. The molecule has 0 aliphatic rings. The van der Waals surface area contributed by atoms with Crippen molar-refractivity contribution in [1.82, 2.24) is 10.6 Å². The number of carbonyl (C=O) groups excluding carboxylic acids is 3. The Morgan fingerprint density at radius 1 is 0.757 bits per heavy atom. The predicted molar refractivity (Wildman–Crippen MR) is 138 cm³/mol. The second kappa shape index (κ2) is 13.0. The van der Waals surface area contributed by atoms with Crippen LogP contribution in [0.5, 0.6) is 0 Å². The van der Waals surface area contributed by atoms with Gasteiger partial charge in [-0.3, -0.25) is 9.59 Å². The number of rotatable bonds is 11. The van der Waals surface area contributed by atoms with E-state index in [1.807, 2.05) is 36.4 Å². The molecule has 0 unspecified atom stereocenters. The first-order valence-corrected chi connectivity index (χ1v) is 11.9. The van der Waals surface area contributed by atoms with Gasteiger partial charge >= 0.3 is 12.1 Å². The number of carboxylic acid groups (broad SMARTS) is 1. The topological polar surface area (TPSA) is 122 Å². The van der Waals surface area contributed by atoms with Gasteiger partial charge in [0.2, 0.25) is 5.91 Å². The SMILES string of the molecule is CC(C)[C@H](NC(=O)OCc1ccccc1)C(=O)N[C@@H](Cc1ccc(C(=O)c2ccccc2)cc1)C(=O)O. The largest absolute Gasteiger partial charge is 0.480 e. The van der Waals surface area contributed by atoms with E-state index in [1.54, 1.807) is 62.4 Å². The van der Waals surface area contributed by atoms with Crippen molar-refractivity contribution in [1.29, 1.82) is 0 Å². The van der Waals surface area contributed by atoms with Crippen molar-refractivity contribution in [2.75, 3.05) is 0 Å². The molecule has 3 aromatic rings. The van der Waals surface area contributed by atoms with E-state index in [9.17, 15) is 24.3 Å². The molecule has 2 amide bonds.